The molecule has 206 valence electrons. The fourth-order valence-electron chi connectivity index (χ4n) is 4.41. The van der Waals surface area contributed by atoms with E-state index in [-0.39, 0.29) is 29.5 Å². The number of anilines is 1. The number of ether oxygens (including phenoxy) is 2. The maximum atomic E-state index is 13.5. The zero-order chi connectivity index (χ0) is 28.1. The van der Waals surface area contributed by atoms with Gasteiger partial charge in [0.15, 0.2) is 11.5 Å². The third-order valence-corrected chi connectivity index (χ3v) is 7.11. The van der Waals surface area contributed by atoms with Crippen LogP contribution >= 0.6 is 0 Å². The number of nitrogens with one attached hydrogen (secondary N) is 1. The van der Waals surface area contributed by atoms with Crippen molar-refractivity contribution in [3.8, 4) is 22.8 Å². The number of hydrogen-bond donors (Lipinski definition) is 2. The van der Waals surface area contributed by atoms with Crippen LogP contribution in [0.1, 0.15) is 34.8 Å². The standard InChI is InChI=1S/C28H30FN3O6S/c1-5-18-16-21-24(27(33)30-2)25(19-9-11-20(29)12-10-19)38-28(21)31-26(18)32(39(34)35)14-6-7-17-8-13-22(36-3)23(15-17)37-4/h8-13,15-16H,5-7,14H2,1-4H3,(H,30,33)(H,34,35). The maximum Gasteiger partial charge on any atom is 0.263 e. The second-order valence-corrected chi connectivity index (χ2v) is 9.60. The van der Waals surface area contributed by atoms with Crippen molar-refractivity contribution in [1.29, 1.82) is 0 Å². The molecule has 4 aromatic rings. The Morgan fingerprint density at radius 1 is 1.13 bits per heavy atom. The molecule has 0 spiro atoms. The summed E-state index contributed by atoms with van der Waals surface area (Å²) in [6.07, 6.45) is 1.66. The molecule has 0 aliphatic rings. The SMILES string of the molecule is CCc1cc2c(C(=O)NC)c(-c3ccc(F)cc3)oc2nc1N(CCCc1ccc(OC)c(OC)c1)S(=O)O. The maximum absolute atomic E-state index is 13.5. The number of amides is 1. The molecule has 1 amide bonds. The summed E-state index contributed by atoms with van der Waals surface area (Å²) in [5.41, 5.74) is 2.56. The average Bonchev–Trinajstić information content (AvgIpc) is 3.32. The van der Waals surface area contributed by atoms with E-state index >= 15 is 0 Å². The number of fused-ring (bicyclic) bond motifs is 1. The Morgan fingerprint density at radius 3 is 2.46 bits per heavy atom. The van der Waals surface area contributed by atoms with Crippen molar-refractivity contribution in [3.05, 3.63) is 71.0 Å². The molecule has 9 nitrogen and oxygen atoms in total. The topological polar surface area (TPSA) is 114 Å². The third kappa shape index (κ3) is 5.89. The fraction of sp³-hybridized carbons (Fsp3) is 0.286. The molecule has 0 saturated carbocycles. The molecule has 2 aromatic heterocycles. The van der Waals surface area contributed by atoms with Gasteiger partial charge in [0.1, 0.15) is 17.4 Å². The van der Waals surface area contributed by atoms with Crippen LogP contribution < -0.4 is 19.1 Å². The van der Waals surface area contributed by atoms with Gasteiger partial charge in [-0.05, 0) is 72.9 Å². The van der Waals surface area contributed by atoms with Crippen LogP contribution in [-0.4, -0.2) is 47.5 Å². The van der Waals surface area contributed by atoms with E-state index in [0.717, 1.165) is 5.56 Å². The minimum absolute atomic E-state index is 0.135. The van der Waals surface area contributed by atoms with E-state index in [4.69, 9.17) is 13.9 Å². The van der Waals surface area contributed by atoms with Gasteiger partial charge < -0.3 is 19.2 Å². The van der Waals surface area contributed by atoms with Crippen molar-refractivity contribution in [2.75, 3.05) is 32.1 Å². The van der Waals surface area contributed by atoms with Gasteiger partial charge in [0, 0.05) is 19.2 Å². The lowest BCUT2D eigenvalue weighted by molar-refractivity contribution is 0.0964. The van der Waals surface area contributed by atoms with Crippen LogP contribution in [0, 0.1) is 5.82 Å². The summed E-state index contributed by atoms with van der Waals surface area (Å²) in [5.74, 6) is 0.960. The van der Waals surface area contributed by atoms with Crippen molar-refractivity contribution < 1.29 is 31.8 Å². The van der Waals surface area contributed by atoms with E-state index in [1.54, 1.807) is 20.3 Å². The second kappa shape index (κ2) is 12.3. The zero-order valence-corrected chi connectivity index (χ0v) is 22.9. The fourth-order valence-corrected chi connectivity index (χ4v) is 5.00. The van der Waals surface area contributed by atoms with Crippen molar-refractivity contribution in [1.82, 2.24) is 10.3 Å². The number of aromatic nitrogens is 1. The molecule has 39 heavy (non-hydrogen) atoms. The Balaban J connectivity index is 1.70. The molecule has 1 unspecified atom stereocenters. The summed E-state index contributed by atoms with van der Waals surface area (Å²) in [7, 11) is 4.64. The number of halogens is 1. The van der Waals surface area contributed by atoms with E-state index < -0.39 is 17.1 Å². The van der Waals surface area contributed by atoms with Gasteiger partial charge in [-0.2, -0.15) is 4.98 Å². The van der Waals surface area contributed by atoms with Gasteiger partial charge in [0.25, 0.3) is 17.2 Å². The lowest BCUT2D eigenvalue weighted by Crippen LogP contribution is -2.28. The highest BCUT2D eigenvalue weighted by molar-refractivity contribution is 7.80. The molecule has 0 radical (unpaired) electrons. The summed E-state index contributed by atoms with van der Waals surface area (Å²) in [6.45, 7) is 2.13. The van der Waals surface area contributed by atoms with E-state index in [0.29, 0.717) is 53.1 Å². The number of carbonyl (C=O) groups is 1. The summed E-state index contributed by atoms with van der Waals surface area (Å²) in [4.78, 5) is 17.4. The van der Waals surface area contributed by atoms with Crippen LogP contribution in [0.15, 0.2) is 52.9 Å². The van der Waals surface area contributed by atoms with Crippen LogP contribution in [0.3, 0.4) is 0 Å². The summed E-state index contributed by atoms with van der Waals surface area (Å²) < 4.78 is 54.1. The van der Waals surface area contributed by atoms with Crippen LogP contribution in [0.4, 0.5) is 10.2 Å². The van der Waals surface area contributed by atoms with Crippen molar-refractivity contribution in [2.45, 2.75) is 26.2 Å². The number of furan rings is 1. The molecule has 0 bridgehead atoms. The van der Waals surface area contributed by atoms with Gasteiger partial charge in [0.05, 0.1) is 25.2 Å². The van der Waals surface area contributed by atoms with E-state index in [9.17, 15) is 17.9 Å². The molecule has 0 fully saturated rings. The Labute approximate surface area is 228 Å². The molecule has 0 aliphatic heterocycles. The largest absolute Gasteiger partial charge is 0.493 e. The minimum atomic E-state index is -2.36. The number of rotatable bonds is 11. The van der Waals surface area contributed by atoms with Crippen molar-refractivity contribution in [3.63, 3.8) is 0 Å². The highest BCUT2D eigenvalue weighted by Gasteiger charge is 2.26. The summed E-state index contributed by atoms with van der Waals surface area (Å²) in [6, 6.07) is 13.0. The molecule has 0 aliphatic carbocycles. The lowest BCUT2D eigenvalue weighted by atomic mass is 10.0. The highest BCUT2D eigenvalue weighted by Crippen LogP contribution is 2.36. The molecule has 2 aromatic carbocycles. The number of carbonyl (C=O) groups excluding carboxylic acids is 1. The van der Waals surface area contributed by atoms with Crippen LogP contribution in [0.5, 0.6) is 11.5 Å². The summed E-state index contributed by atoms with van der Waals surface area (Å²) in [5, 5.41) is 3.08. The Hall–Kier alpha value is -3.96. The quantitative estimate of drug-likeness (QED) is 0.246. The minimum Gasteiger partial charge on any atom is -0.493 e. The average molecular weight is 556 g/mol. The van der Waals surface area contributed by atoms with Gasteiger partial charge in [-0.25, -0.2) is 8.60 Å². The molecule has 4 rings (SSSR count). The molecule has 11 heteroatoms. The van der Waals surface area contributed by atoms with Crippen molar-refractivity contribution >= 4 is 34.1 Å². The number of hydrogen-bond acceptors (Lipinski definition) is 6. The Bertz CT molecular complexity index is 1510. The van der Waals surface area contributed by atoms with E-state index in [1.165, 1.54) is 35.6 Å². The molecule has 0 saturated heterocycles. The van der Waals surface area contributed by atoms with E-state index in [1.807, 2.05) is 25.1 Å². The molecule has 1 atom stereocenters. The van der Waals surface area contributed by atoms with Gasteiger partial charge >= 0.3 is 0 Å². The molecular formula is C28H30FN3O6S. The Kier molecular flexibility index (Phi) is 8.82. The molecular weight excluding hydrogens is 525 g/mol. The third-order valence-electron chi connectivity index (χ3n) is 6.38. The van der Waals surface area contributed by atoms with Gasteiger partial charge in [-0.15, -0.1) is 0 Å². The predicted octanol–water partition coefficient (Wildman–Crippen LogP) is 5.15. The first-order chi connectivity index (χ1) is 18.8. The van der Waals surface area contributed by atoms with E-state index in [2.05, 4.69) is 10.3 Å². The van der Waals surface area contributed by atoms with Crippen LogP contribution in [0.25, 0.3) is 22.4 Å². The molecule has 2 N–H and O–H groups in total. The van der Waals surface area contributed by atoms with Crippen molar-refractivity contribution in [2.24, 2.45) is 0 Å². The summed E-state index contributed by atoms with van der Waals surface area (Å²) >= 11 is -2.36. The van der Waals surface area contributed by atoms with Gasteiger partial charge in [-0.3, -0.25) is 13.7 Å². The number of pyridine rings is 1. The van der Waals surface area contributed by atoms with Crippen LogP contribution in [0.2, 0.25) is 0 Å². The smallest absolute Gasteiger partial charge is 0.263 e. The number of benzene rings is 2. The highest BCUT2D eigenvalue weighted by atomic mass is 32.2. The predicted molar refractivity (Wildman–Crippen MR) is 148 cm³/mol. The zero-order valence-electron chi connectivity index (χ0n) is 22.1. The lowest BCUT2D eigenvalue weighted by Gasteiger charge is -2.21. The molecule has 2 heterocycles. The van der Waals surface area contributed by atoms with Crippen LogP contribution in [-0.2, 0) is 24.1 Å². The monoisotopic (exact) mass is 555 g/mol. The van der Waals surface area contributed by atoms with Gasteiger partial charge in [0.2, 0.25) is 5.71 Å². The number of aryl methyl sites for hydroxylation is 2. The number of nitrogens with zero attached hydrogens (tertiary/aromatic N) is 2. The number of methoxy groups -OCH3 is 2. The van der Waals surface area contributed by atoms with Gasteiger partial charge in [-0.1, -0.05) is 13.0 Å². The Morgan fingerprint density at radius 2 is 1.85 bits per heavy atom. The first kappa shape index (κ1) is 28.1. The first-order valence-electron chi connectivity index (χ1n) is 12.3. The second-order valence-electron chi connectivity index (χ2n) is 8.70. The first-order valence-corrected chi connectivity index (χ1v) is 13.4. The normalized spacial score (nSPS) is 11.8.